The summed E-state index contributed by atoms with van der Waals surface area (Å²) >= 11 is 0. The molecule has 1 aliphatic heterocycles. The average Bonchev–Trinajstić information content (AvgIpc) is 3.24. The molecular formula is C16H29N5. The van der Waals surface area contributed by atoms with E-state index in [1.54, 1.807) is 6.33 Å². The highest BCUT2D eigenvalue weighted by Crippen LogP contribution is 2.41. The molecule has 2 atom stereocenters. The number of nitrogens with one attached hydrogen (secondary N) is 1. The molecule has 0 aromatic carbocycles. The lowest BCUT2D eigenvalue weighted by Crippen LogP contribution is -2.63. The number of aromatic nitrogens is 3. The molecule has 2 heterocycles. The van der Waals surface area contributed by atoms with Crippen molar-refractivity contribution in [3.8, 4) is 0 Å². The molecule has 2 fully saturated rings. The first-order valence-corrected chi connectivity index (χ1v) is 8.52. The van der Waals surface area contributed by atoms with E-state index in [-0.39, 0.29) is 0 Å². The van der Waals surface area contributed by atoms with Crippen molar-refractivity contribution in [1.82, 2.24) is 25.0 Å². The number of aryl methyl sites for hydroxylation is 1. The van der Waals surface area contributed by atoms with Crippen molar-refractivity contribution >= 4 is 0 Å². The molecule has 1 aromatic rings. The highest BCUT2D eigenvalue weighted by atomic mass is 15.4. The van der Waals surface area contributed by atoms with Gasteiger partial charge in [-0.05, 0) is 39.0 Å². The van der Waals surface area contributed by atoms with E-state index in [1.807, 2.05) is 4.68 Å². The second-order valence-corrected chi connectivity index (χ2v) is 6.91. The summed E-state index contributed by atoms with van der Waals surface area (Å²) in [4.78, 5) is 7.12. The van der Waals surface area contributed by atoms with Gasteiger partial charge in [0.25, 0.3) is 0 Å². The quantitative estimate of drug-likeness (QED) is 0.871. The van der Waals surface area contributed by atoms with Crippen molar-refractivity contribution in [2.75, 3.05) is 13.1 Å². The third-order valence-corrected chi connectivity index (χ3v) is 5.23. The van der Waals surface area contributed by atoms with E-state index >= 15 is 0 Å². The smallest absolute Gasteiger partial charge is 0.141 e. The van der Waals surface area contributed by atoms with E-state index in [0.717, 1.165) is 37.9 Å². The molecule has 1 aromatic heterocycles. The molecule has 1 saturated heterocycles. The molecule has 2 unspecified atom stereocenters. The Kier molecular flexibility index (Phi) is 4.31. The van der Waals surface area contributed by atoms with Crippen LogP contribution in [0.15, 0.2) is 6.33 Å². The van der Waals surface area contributed by atoms with Crippen molar-refractivity contribution in [3.63, 3.8) is 0 Å². The second-order valence-electron chi connectivity index (χ2n) is 6.91. The standard InChI is InChI=1S/C16H29N5/c1-4-6-14-9-18-16(3,13-7-8-13)11-20(14)10-15-17-12-19-21(15)5-2/h12-14,18H,4-11H2,1-3H3. The summed E-state index contributed by atoms with van der Waals surface area (Å²) < 4.78 is 2.03. The first-order valence-electron chi connectivity index (χ1n) is 8.52. The largest absolute Gasteiger partial charge is 0.308 e. The van der Waals surface area contributed by atoms with E-state index < -0.39 is 0 Å². The SMILES string of the molecule is CCCC1CNC(C)(C2CC2)CN1Cc1ncnn1CC. The summed E-state index contributed by atoms with van der Waals surface area (Å²) in [6.07, 6.45) is 6.97. The average molecular weight is 291 g/mol. The molecule has 0 spiro atoms. The fourth-order valence-electron chi connectivity index (χ4n) is 3.74. The summed E-state index contributed by atoms with van der Waals surface area (Å²) in [6.45, 7) is 10.9. The van der Waals surface area contributed by atoms with Crippen LogP contribution in [0.3, 0.4) is 0 Å². The summed E-state index contributed by atoms with van der Waals surface area (Å²) in [5.74, 6) is 1.98. The van der Waals surface area contributed by atoms with Gasteiger partial charge in [0.05, 0.1) is 6.54 Å². The molecule has 118 valence electrons. The molecule has 5 nitrogen and oxygen atoms in total. The van der Waals surface area contributed by atoms with Crippen LogP contribution in [0.1, 0.15) is 52.3 Å². The zero-order valence-electron chi connectivity index (χ0n) is 13.7. The van der Waals surface area contributed by atoms with Crippen LogP contribution in [0.25, 0.3) is 0 Å². The van der Waals surface area contributed by atoms with Gasteiger partial charge in [0.2, 0.25) is 0 Å². The van der Waals surface area contributed by atoms with Gasteiger partial charge in [0.1, 0.15) is 12.2 Å². The minimum absolute atomic E-state index is 0.293. The molecule has 1 aliphatic carbocycles. The first kappa shape index (κ1) is 15.0. The maximum Gasteiger partial charge on any atom is 0.141 e. The molecule has 1 saturated carbocycles. The number of nitrogens with zero attached hydrogens (tertiary/aromatic N) is 4. The van der Waals surface area contributed by atoms with Crippen molar-refractivity contribution in [1.29, 1.82) is 0 Å². The molecule has 0 radical (unpaired) electrons. The molecule has 3 rings (SSSR count). The highest BCUT2D eigenvalue weighted by molar-refractivity contribution is 5.04. The Morgan fingerprint density at radius 3 is 2.86 bits per heavy atom. The van der Waals surface area contributed by atoms with Crippen LogP contribution < -0.4 is 5.32 Å². The number of rotatable bonds is 6. The van der Waals surface area contributed by atoms with Crippen LogP contribution in [0.2, 0.25) is 0 Å². The maximum atomic E-state index is 4.47. The number of hydrogen-bond donors (Lipinski definition) is 1. The third kappa shape index (κ3) is 3.14. The Morgan fingerprint density at radius 2 is 2.19 bits per heavy atom. The van der Waals surface area contributed by atoms with E-state index in [9.17, 15) is 0 Å². The van der Waals surface area contributed by atoms with Crippen LogP contribution in [0, 0.1) is 5.92 Å². The van der Waals surface area contributed by atoms with E-state index in [2.05, 4.69) is 41.1 Å². The first-order chi connectivity index (χ1) is 10.2. The lowest BCUT2D eigenvalue weighted by atomic mass is 9.90. The maximum absolute atomic E-state index is 4.47. The second kappa shape index (κ2) is 6.05. The van der Waals surface area contributed by atoms with Crippen molar-refractivity contribution < 1.29 is 0 Å². The Bertz CT molecular complexity index is 467. The van der Waals surface area contributed by atoms with Gasteiger partial charge in [-0.2, -0.15) is 5.10 Å². The van der Waals surface area contributed by atoms with Gasteiger partial charge in [-0.25, -0.2) is 9.67 Å². The summed E-state index contributed by atoms with van der Waals surface area (Å²) in [5, 5.41) is 8.16. The molecule has 0 amide bonds. The van der Waals surface area contributed by atoms with E-state index in [4.69, 9.17) is 0 Å². The molecule has 1 N–H and O–H groups in total. The van der Waals surface area contributed by atoms with Gasteiger partial charge >= 0.3 is 0 Å². The van der Waals surface area contributed by atoms with Gasteiger partial charge in [-0.1, -0.05) is 13.3 Å². The minimum atomic E-state index is 0.293. The Morgan fingerprint density at radius 1 is 1.38 bits per heavy atom. The van der Waals surface area contributed by atoms with Crippen LogP contribution in [0.5, 0.6) is 0 Å². The predicted molar refractivity (Wildman–Crippen MR) is 83.9 cm³/mol. The summed E-state index contributed by atoms with van der Waals surface area (Å²) in [6, 6.07) is 0.629. The highest BCUT2D eigenvalue weighted by Gasteiger charge is 2.45. The van der Waals surface area contributed by atoms with Gasteiger partial charge in [-0.15, -0.1) is 0 Å². The lowest BCUT2D eigenvalue weighted by molar-refractivity contribution is 0.0606. The Labute approximate surface area is 128 Å². The van der Waals surface area contributed by atoms with Gasteiger partial charge in [-0.3, -0.25) is 4.90 Å². The Hall–Kier alpha value is -0.940. The van der Waals surface area contributed by atoms with E-state index in [1.165, 1.54) is 25.7 Å². The van der Waals surface area contributed by atoms with Gasteiger partial charge in [0.15, 0.2) is 0 Å². The van der Waals surface area contributed by atoms with Crippen LogP contribution >= 0.6 is 0 Å². The normalized spacial score (nSPS) is 30.7. The zero-order chi connectivity index (χ0) is 14.9. The van der Waals surface area contributed by atoms with E-state index in [0.29, 0.717) is 11.6 Å². The number of piperazine rings is 1. The summed E-state index contributed by atoms with van der Waals surface area (Å²) in [5.41, 5.74) is 0.293. The van der Waals surface area contributed by atoms with Gasteiger partial charge in [0, 0.05) is 31.2 Å². The zero-order valence-corrected chi connectivity index (χ0v) is 13.7. The monoisotopic (exact) mass is 291 g/mol. The van der Waals surface area contributed by atoms with Crippen molar-refractivity contribution in [2.24, 2.45) is 5.92 Å². The fraction of sp³-hybridized carbons (Fsp3) is 0.875. The topological polar surface area (TPSA) is 46.0 Å². The molecule has 5 heteroatoms. The third-order valence-electron chi connectivity index (χ3n) is 5.23. The molecule has 21 heavy (non-hydrogen) atoms. The molecule has 2 aliphatic rings. The minimum Gasteiger partial charge on any atom is -0.308 e. The predicted octanol–water partition coefficient (Wildman–Crippen LogP) is 2.04. The van der Waals surface area contributed by atoms with Crippen LogP contribution in [-0.4, -0.2) is 44.3 Å². The van der Waals surface area contributed by atoms with Crippen LogP contribution in [0.4, 0.5) is 0 Å². The molecular weight excluding hydrogens is 262 g/mol. The fourth-order valence-corrected chi connectivity index (χ4v) is 3.74. The summed E-state index contributed by atoms with van der Waals surface area (Å²) in [7, 11) is 0. The van der Waals surface area contributed by atoms with Crippen molar-refractivity contribution in [2.45, 2.75) is 71.1 Å². The molecule has 0 bridgehead atoms. The number of hydrogen-bond acceptors (Lipinski definition) is 4. The lowest BCUT2D eigenvalue weighted by Gasteiger charge is -2.46. The Balaban J connectivity index is 1.73. The van der Waals surface area contributed by atoms with Crippen molar-refractivity contribution in [3.05, 3.63) is 12.2 Å². The van der Waals surface area contributed by atoms with Crippen LogP contribution in [-0.2, 0) is 13.1 Å². The van der Waals surface area contributed by atoms with Gasteiger partial charge < -0.3 is 5.32 Å².